The quantitative estimate of drug-likeness (QED) is 0.616. The maximum absolute atomic E-state index is 12.2. The van der Waals surface area contributed by atoms with E-state index in [4.69, 9.17) is 0 Å². The summed E-state index contributed by atoms with van der Waals surface area (Å²) >= 11 is 0. The average molecular weight is 386 g/mol. The molecule has 0 aliphatic heterocycles. The largest absolute Gasteiger partial charge is 0.361 e. The summed E-state index contributed by atoms with van der Waals surface area (Å²) in [6, 6.07) is 11.4. The molecular weight excluding hydrogens is 364 g/mol. The molecule has 2 heterocycles. The molecule has 0 saturated carbocycles. The third-order valence-electron chi connectivity index (χ3n) is 4.26. The van der Waals surface area contributed by atoms with Crippen LogP contribution in [0.4, 0.5) is 0 Å². The van der Waals surface area contributed by atoms with E-state index in [1.54, 1.807) is 18.5 Å². The molecule has 2 aromatic heterocycles. The molecule has 0 spiro atoms. The maximum atomic E-state index is 12.2. The lowest BCUT2D eigenvalue weighted by Crippen LogP contribution is -2.38. The molecule has 142 valence electrons. The minimum Gasteiger partial charge on any atom is -0.361 e. The van der Waals surface area contributed by atoms with Crippen molar-refractivity contribution in [1.29, 1.82) is 0 Å². The Kier molecular flexibility index (Phi) is 5.88. The van der Waals surface area contributed by atoms with Crippen molar-refractivity contribution in [2.75, 3.05) is 19.3 Å². The van der Waals surface area contributed by atoms with Crippen LogP contribution in [0.25, 0.3) is 10.9 Å². The van der Waals surface area contributed by atoms with E-state index in [2.05, 4.69) is 15.3 Å². The van der Waals surface area contributed by atoms with Gasteiger partial charge in [0.15, 0.2) is 0 Å². The highest BCUT2D eigenvalue weighted by atomic mass is 32.2. The van der Waals surface area contributed by atoms with Gasteiger partial charge in [0.05, 0.1) is 12.7 Å². The van der Waals surface area contributed by atoms with Crippen molar-refractivity contribution >= 4 is 26.8 Å². The van der Waals surface area contributed by atoms with Crippen molar-refractivity contribution in [2.45, 2.75) is 13.0 Å². The van der Waals surface area contributed by atoms with Crippen LogP contribution in [-0.4, -0.2) is 47.9 Å². The number of hydrogen-bond acceptors (Lipinski definition) is 4. The topological polar surface area (TPSA) is 95.2 Å². The van der Waals surface area contributed by atoms with E-state index in [0.29, 0.717) is 0 Å². The van der Waals surface area contributed by atoms with Crippen LogP contribution in [0.15, 0.2) is 55.0 Å². The predicted molar refractivity (Wildman–Crippen MR) is 105 cm³/mol. The number of fused-ring (bicyclic) bond motifs is 1. The van der Waals surface area contributed by atoms with E-state index in [-0.39, 0.29) is 32.0 Å². The normalized spacial score (nSPS) is 11.8. The van der Waals surface area contributed by atoms with Crippen molar-refractivity contribution in [2.24, 2.45) is 0 Å². The number of para-hydroxylation sites is 1. The minimum absolute atomic E-state index is 0.144. The summed E-state index contributed by atoms with van der Waals surface area (Å²) in [5, 5.41) is 3.82. The minimum atomic E-state index is -3.39. The van der Waals surface area contributed by atoms with Crippen molar-refractivity contribution in [3.05, 3.63) is 66.1 Å². The highest BCUT2D eigenvalue weighted by Gasteiger charge is 2.17. The maximum Gasteiger partial charge on any atom is 0.224 e. The number of sulfonamides is 1. The van der Waals surface area contributed by atoms with E-state index < -0.39 is 10.0 Å². The Morgan fingerprint density at radius 1 is 1.22 bits per heavy atom. The van der Waals surface area contributed by atoms with Crippen LogP contribution in [-0.2, 0) is 27.8 Å². The Hall–Kier alpha value is -2.71. The van der Waals surface area contributed by atoms with E-state index in [0.717, 1.165) is 28.3 Å². The molecule has 0 bridgehead atoms. The van der Waals surface area contributed by atoms with E-state index >= 15 is 0 Å². The zero-order valence-electron chi connectivity index (χ0n) is 15.1. The predicted octanol–water partition coefficient (Wildman–Crippen LogP) is 1.68. The van der Waals surface area contributed by atoms with Crippen LogP contribution in [0.2, 0.25) is 0 Å². The van der Waals surface area contributed by atoms with Crippen molar-refractivity contribution in [3.63, 3.8) is 0 Å². The number of H-pyrrole nitrogens is 1. The third-order valence-corrected chi connectivity index (χ3v) is 5.51. The Balaban J connectivity index is 1.55. The van der Waals surface area contributed by atoms with Crippen LogP contribution in [0.5, 0.6) is 0 Å². The van der Waals surface area contributed by atoms with Gasteiger partial charge in [-0.1, -0.05) is 24.3 Å². The van der Waals surface area contributed by atoms with Crippen LogP contribution in [0.3, 0.4) is 0 Å². The first-order valence-corrected chi connectivity index (χ1v) is 10.4. The first-order valence-electron chi connectivity index (χ1n) is 8.59. The molecule has 3 rings (SSSR count). The van der Waals surface area contributed by atoms with E-state index in [9.17, 15) is 13.2 Å². The molecule has 2 N–H and O–H groups in total. The average Bonchev–Trinajstić information content (AvgIpc) is 3.04. The molecule has 0 fully saturated rings. The highest BCUT2D eigenvalue weighted by molar-refractivity contribution is 7.88. The second-order valence-corrected chi connectivity index (χ2v) is 8.33. The second kappa shape index (κ2) is 8.32. The molecule has 0 aliphatic rings. The number of aromatic amines is 1. The zero-order valence-corrected chi connectivity index (χ0v) is 15.9. The van der Waals surface area contributed by atoms with Gasteiger partial charge >= 0.3 is 0 Å². The molecule has 3 aromatic rings. The fraction of sp³-hybridized carbons (Fsp3) is 0.263. The van der Waals surface area contributed by atoms with Gasteiger partial charge in [-0.05, 0) is 23.3 Å². The van der Waals surface area contributed by atoms with Crippen LogP contribution in [0.1, 0.15) is 11.1 Å². The Bertz CT molecular complexity index is 1020. The van der Waals surface area contributed by atoms with Gasteiger partial charge in [-0.2, -0.15) is 4.31 Å². The SMILES string of the molecule is CS(=O)(=O)N(CCNC(=O)Cc1c[nH]c2ccccc12)Cc1cccnc1. The lowest BCUT2D eigenvalue weighted by atomic mass is 10.1. The standard InChI is InChI=1S/C19H22N4O3S/c1-27(25,26)23(14-15-5-4-8-20-12-15)10-9-21-19(24)11-16-13-22-18-7-3-2-6-17(16)18/h2-8,12-13,22H,9-11,14H2,1H3,(H,21,24). The van der Waals surface area contributed by atoms with Gasteiger partial charge in [-0.25, -0.2) is 8.42 Å². The number of nitrogens with one attached hydrogen (secondary N) is 2. The number of benzene rings is 1. The van der Waals surface area contributed by atoms with Gasteiger partial charge in [0, 0.05) is 49.1 Å². The molecule has 0 atom stereocenters. The molecule has 1 aromatic carbocycles. The van der Waals surface area contributed by atoms with Gasteiger partial charge in [-0.3, -0.25) is 9.78 Å². The van der Waals surface area contributed by atoms with Crippen molar-refractivity contribution in [3.8, 4) is 0 Å². The number of hydrogen-bond donors (Lipinski definition) is 2. The highest BCUT2D eigenvalue weighted by Crippen LogP contribution is 2.17. The number of aromatic nitrogens is 2. The molecule has 27 heavy (non-hydrogen) atoms. The van der Waals surface area contributed by atoms with E-state index in [1.807, 2.05) is 36.5 Å². The molecule has 0 aliphatic carbocycles. The van der Waals surface area contributed by atoms with Crippen LogP contribution >= 0.6 is 0 Å². The van der Waals surface area contributed by atoms with Crippen molar-refractivity contribution in [1.82, 2.24) is 19.6 Å². The lowest BCUT2D eigenvalue weighted by Gasteiger charge is -2.20. The fourth-order valence-corrected chi connectivity index (χ4v) is 3.70. The number of pyridine rings is 1. The van der Waals surface area contributed by atoms with Gasteiger partial charge in [0.25, 0.3) is 0 Å². The number of amides is 1. The van der Waals surface area contributed by atoms with E-state index in [1.165, 1.54) is 4.31 Å². The lowest BCUT2D eigenvalue weighted by molar-refractivity contribution is -0.120. The van der Waals surface area contributed by atoms with Gasteiger partial charge in [0.2, 0.25) is 15.9 Å². The summed E-state index contributed by atoms with van der Waals surface area (Å²) in [6.45, 7) is 0.673. The molecule has 0 saturated heterocycles. The molecule has 1 amide bonds. The molecule has 0 unspecified atom stereocenters. The number of nitrogens with zero attached hydrogens (tertiary/aromatic N) is 2. The second-order valence-electron chi connectivity index (χ2n) is 6.34. The van der Waals surface area contributed by atoms with Crippen LogP contribution in [0, 0.1) is 0 Å². The van der Waals surface area contributed by atoms with Gasteiger partial charge in [-0.15, -0.1) is 0 Å². The van der Waals surface area contributed by atoms with Gasteiger partial charge < -0.3 is 10.3 Å². The Labute approximate surface area is 158 Å². The summed E-state index contributed by atoms with van der Waals surface area (Å²) in [4.78, 5) is 19.4. The van der Waals surface area contributed by atoms with Crippen molar-refractivity contribution < 1.29 is 13.2 Å². The first kappa shape index (κ1) is 19.1. The zero-order chi connectivity index (χ0) is 19.3. The van der Waals surface area contributed by atoms with Crippen LogP contribution < -0.4 is 5.32 Å². The molecule has 0 radical (unpaired) electrons. The monoisotopic (exact) mass is 386 g/mol. The summed E-state index contributed by atoms with van der Waals surface area (Å²) in [5.41, 5.74) is 2.70. The fourth-order valence-electron chi connectivity index (χ4n) is 2.89. The molecular formula is C19H22N4O3S. The molecule has 8 heteroatoms. The molecule has 7 nitrogen and oxygen atoms in total. The smallest absolute Gasteiger partial charge is 0.224 e. The summed E-state index contributed by atoms with van der Waals surface area (Å²) in [7, 11) is -3.39. The Morgan fingerprint density at radius 2 is 2.04 bits per heavy atom. The summed E-state index contributed by atoms with van der Waals surface area (Å²) in [5.74, 6) is -0.144. The summed E-state index contributed by atoms with van der Waals surface area (Å²) < 4.78 is 25.3. The van der Waals surface area contributed by atoms with Gasteiger partial charge in [0.1, 0.15) is 0 Å². The Morgan fingerprint density at radius 3 is 2.78 bits per heavy atom. The number of carbonyl (C=O) groups excluding carboxylic acids is 1. The number of rotatable bonds is 8. The summed E-state index contributed by atoms with van der Waals surface area (Å²) in [6.07, 6.45) is 6.51. The number of carbonyl (C=O) groups is 1. The third kappa shape index (κ3) is 5.15. The first-order chi connectivity index (χ1) is 12.9.